The smallest absolute Gasteiger partial charge is 0.297 e. The number of carbonyl (C=O) groups is 2. The second-order valence-electron chi connectivity index (χ2n) is 12.7. The highest BCUT2D eigenvalue weighted by Crippen LogP contribution is 2.59. The molecule has 0 unspecified atom stereocenters. The normalized spacial score (nSPS) is 26.2. The number of aliphatic hydroxyl groups excluding tert-OH is 1. The predicted octanol–water partition coefficient (Wildman–Crippen LogP) is 2.96. The number of pyridine rings is 1. The van der Waals surface area contributed by atoms with Gasteiger partial charge in [-0.2, -0.15) is 0 Å². The number of amides is 2. The van der Waals surface area contributed by atoms with Gasteiger partial charge in [-0.3, -0.25) is 19.0 Å². The van der Waals surface area contributed by atoms with Gasteiger partial charge in [0, 0.05) is 42.5 Å². The van der Waals surface area contributed by atoms with Crippen LogP contribution in [0.3, 0.4) is 0 Å². The minimum atomic E-state index is -3.00. The van der Waals surface area contributed by atoms with Crippen LogP contribution >= 0.6 is 0 Å². The molecule has 4 heterocycles. The molecule has 44 heavy (non-hydrogen) atoms. The molecule has 232 valence electrons. The summed E-state index contributed by atoms with van der Waals surface area (Å²) in [6, 6.07) is 16.2. The molecule has 3 aromatic rings. The maximum atomic E-state index is 14.2. The van der Waals surface area contributed by atoms with Crippen molar-refractivity contribution in [2.75, 3.05) is 25.7 Å². The molecule has 5 atom stereocenters. The van der Waals surface area contributed by atoms with Gasteiger partial charge in [0.2, 0.25) is 5.91 Å². The van der Waals surface area contributed by atoms with Crippen molar-refractivity contribution in [1.82, 2.24) is 9.47 Å². The molecule has 0 aliphatic carbocycles. The van der Waals surface area contributed by atoms with Gasteiger partial charge in [0.05, 0.1) is 38.0 Å². The van der Waals surface area contributed by atoms with E-state index in [9.17, 15) is 24.3 Å². The highest BCUT2D eigenvalue weighted by Gasteiger charge is 2.66. The van der Waals surface area contributed by atoms with E-state index in [4.69, 9.17) is 9.47 Å². The molecule has 0 bridgehead atoms. The largest absolute Gasteiger partial charge is 0.491 e. The van der Waals surface area contributed by atoms with Crippen molar-refractivity contribution in [3.63, 3.8) is 0 Å². The number of ether oxygens (including phenoxy) is 2. The molecule has 0 saturated carbocycles. The number of anilines is 1. The summed E-state index contributed by atoms with van der Waals surface area (Å²) in [7, 11) is 0.126. The van der Waals surface area contributed by atoms with Crippen molar-refractivity contribution < 1.29 is 29.0 Å². The molecule has 11 heteroatoms. The molecule has 0 radical (unpaired) electrons. The predicted molar refractivity (Wildman–Crippen MR) is 167 cm³/mol. The first-order valence-corrected chi connectivity index (χ1v) is 18.0. The zero-order chi connectivity index (χ0) is 31.6. The Morgan fingerprint density at radius 1 is 1.11 bits per heavy atom. The van der Waals surface area contributed by atoms with E-state index in [-0.39, 0.29) is 42.2 Å². The van der Waals surface area contributed by atoms with Crippen molar-refractivity contribution in [1.29, 1.82) is 0 Å². The molecule has 2 N–H and O–H groups in total. The van der Waals surface area contributed by atoms with Gasteiger partial charge >= 0.3 is 0 Å². The molecule has 6 rings (SSSR count). The molecular weight excluding hydrogens is 578 g/mol. The van der Waals surface area contributed by atoms with Crippen molar-refractivity contribution in [3.8, 4) is 11.4 Å². The van der Waals surface area contributed by atoms with Crippen LogP contribution in [0.1, 0.15) is 30.0 Å². The topological polar surface area (TPSA) is 122 Å². The Morgan fingerprint density at radius 2 is 1.84 bits per heavy atom. The van der Waals surface area contributed by atoms with E-state index in [0.29, 0.717) is 29.9 Å². The second-order valence-corrected chi connectivity index (χ2v) is 16.7. The molecule has 2 amide bonds. The number of rotatable bonds is 6. The number of aliphatic hydroxyl groups is 1. The van der Waals surface area contributed by atoms with Gasteiger partial charge in [-0.25, -0.2) is 0 Å². The Morgan fingerprint density at radius 3 is 2.52 bits per heavy atom. The Labute approximate surface area is 257 Å². The number of hydrogen-bond donors (Lipinski definition) is 2. The Bertz CT molecular complexity index is 1680. The first kappa shape index (κ1) is 30.3. The van der Waals surface area contributed by atoms with E-state index in [1.54, 1.807) is 53.4 Å². The fourth-order valence-corrected chi connectivity index (χ4v) is 10.2. The summed E-state index contributed by atoms with van der Waals surface area (Å²) in [5.74, 6) is -0.731. The first-order chi connectivity index (χ1) is 20.9. The third-order valence-electron chi connectivity index (χ3n) is 9.77. The van der Waals surface area contributed by atoms with Crippen LogP contribution in [0.2, 0.25) is 18.6 Å². The minimum absolute atomic E-state index is 0.0340. The number of nitrogens with zero attached hydrogens (tertiary/aromatic N) is 3. The molecule has 3 aliphatic heterocycles. The highest BCUT2D eigenvalue weighted by atomic mass is 28.4. The first-order valence-electron chi connectivity index (χ1n) is 15.0. The summed E-state index contributed by atoms with van der Waals surface area (Å²) in [5.41, 5.74) is 1.72. The standard InChI is InChI=1S/C33H39N3O7Si/c1-20-30(44(4,5)41)28(17-29(38)36-18-22-10-7-6-9-21(22)15-24(36)19-37)43-33(20)25-16-23(12-13-26(25)34(2)32(33)40)35-14-8-11-27(42-3)31(35)39/h6-14,16,20,24,28,30,37,41H,15,17-19H2,1-5H3/t20-,24-,28+,30-,33+/m0/s1. The van der Waals surface area contributed by atoms with Crippen LogP contribution in [0.15, 0.2) is 65.6 Å². The van der Waals surface area contributed by atoms with Gasteiger partial charge in [-0.1, -0.05) is 31.2 Å². The summed E-state index contributed by atoms with van der Waals surface area (Å²) < 4.78 is 13.5. The Balaban J connectivity index is 1.39. The molecule has 2 aromatic carbocycles. The van der Waals surface area contributed by atoms with Gasteiger partial charge in [0.25, 0.3) is 11.5 Å². The lowest BCUT2D eigenvalue weighted by atomic mass is 9.82. The molecule has 1 saturated heterocycles. The van der Waals surface area contributed by atoms with Crippen LogP contribution in [0.4, 0.5) is 5.69 Å². The number of methoxy groups -OCH3 is 1. The summed E-state index contributed by atoms with van der Waals surface area (Å²) >= 11 is 0. The minimum Gasteiger partial charge on any atom is -0.491 e. The second kappa shape index (κ2) is 11.0. The number of hydrogen-bond acceptors (Lipinski definition) is 7. The van der Waals surface area contributed by atoms with Crippen molar-refractivity contribution in [2.45, 2.75) is 62.7 Å². The number of aromatic nitrogens is 1. The molecule has 1 aromatic heterocycles. The van der Waals surface area contributed by atoms with E-state index in [0.717, 1.165) is 11.1 Å². The van der Waals surface area contributed by atoms with Crippen molar-refractivity contribution in [3.05, 3.63) is 87.8 Å². The van der Waals surface area contributed by atoms with Gasteiger partial charge in [-0.15, -0.1) is 0 Å². The lowest BCUT2D eigenvalue weighted by molar-refractivity contribution is -0.150. The zero-order valence-electron chi connectivity index (χ0n) is 25.7. The molecule has 1 spiro atoms. The van der Waals surface area contributed by atoms with Crippen LogP contribution in [0, 0.1) is 5.92 Å². The van der Waals surface area contributed by atoms with Crippen LogP contribution in [0.25, 0.3) is 5.69 Å². The Kier molecular flexibility index (Phi) is 7.56. The number of benzene rings is 2. The SMILES string of the molecule is COc1cccn(-c2ccc3c(c2)[C@@]2(O[C@H](CC(=O)N4Cc5ccccc5C[C@H]4CO)[C@@H]([Si](C)(C)O)[C@@H]2C)C(=O)N3C)c1=O. The van der Waals surface area contributed by atoms with Crippen LogP contribution in [0.5, 0.6) is 5.75 Å². The quantitative estimate of drug-likeness (QED) is 0.408. The van der Waals surface area contributed by atoms with E-state index < -0.39 is 31.5 Å². The van der Waals surface area contributed by atoms with Crippen molar-refractivity contribution >= 4 is 25.8 Å². The van der Waals surface area contributed by atoms with Gasteiger partial charge in [0.15, 0.2) is 19.7 Å². The summed E-state index contributed by atoms with van der Waals surface area (Å²) in [6.07, 6.45) is 1.43. The van der Waals surface area contributed by atoms with E-state index >= 15 is 0 Å². The average Bonchev–Trinajstić information content (AvgIpc) is 3.42. The van der Waals surface area contributed by atoms with Crippen LogP contribution < -0.4 is 15.2 Å². The monoisotopic (exact) mass is 617 g/mol. The summed E-state index contributed by atoms with van der Waals surface area (Å²) in [4.78, 5) is 56.1. The molecule has 10 nitrogen and oxygen atoms in total. The number of carbonyl (C=O) groups excluding carboxylic acids is 2. The third kappa shape index (κ3) is 4.61. The molecular formula is C33H39N3O7Si. The highest BCUT2D eigenvalue weighted by molar-refractivity contribution is 6.71. The fraction of sp³-hybridized carbons (Fsp3) is 0.424. The lowest BCUT2D eigenvalue weighted by Gasteiger charge is -2.37. The summed E-state index contributed by atoms with van der Waals surface area (Å²) in [5, 5.41) is 10.2. The average molecular weight is 618 g/mol. The van der Waals surface area contributed by atoms with E-state index in [1.807, 2.05) is 44.3 Å². The van der Waals surface area contributed by atoms with Crippen LogP contribution in [-0.4, -0.2) is 72.4 Å². The van der Waals surface area contributed by atoms with Crippen molar-refractivity contribution in [2.24, 2.45) is 5.92 Å². The lowest BCUT2D eigenvalue weighted by Crippen LogP contribution is -2.48. The third-order valence-corrected chi connectivity index (χ3v) is 12.3. The van der Waals surface area contributed by atoms with Gasteiger partial charge < -0.3 is 29.2 Å². The molecule has 3 aliphatic rings. The van der Waals surface area contributed by atoms with Gasteiger partial charge in [0.1, 0.15) is 0 Å². The maximum Gasteiger partial charge on any atom is 0.297 e. The zero-order valence-corrected chi connectivity index (χ0v) is 26.7. The molecule has 1 fully saturated rings. The summed E-state index contributed by atoms with van der Waals surface area (Å²) in [6.45, 7) is 5.76. The number of fused-ring (bicyclic) bond motifs is 3. The van der Waals surface area contributed by atoms with E-state index in [1.165, 1.54) is 11.7 Å². The Hall–Kier alpha value is -3.77. The maximum absolute atomic E-state index is 14.2. The van der Waals surface area contributed by atoms with E-state index in [2.05, 4.69) is 0 Å². The van der Waals surface area contributed by atoms with Gasteiger partial charge in [-0.05, 0) is 61.0 Å². The number of likely N-dealkylation sites (N-methyl/N-ethyl adjacent to an activating group) is 1. The van der Waals surface area contributed by atoms with Crippen LogP contribution in [-0.2, 0) is 32.9 Å². The fourth-order valence-electron chi connectivity index (χ4n) is 7.69.